The molecule has 25 heavy (non-hydrogen) atoms. The molecule has 0 bridgehead atoms. The highest BCUT2D eigenvalue weighted by Crippen LogP contribution is 2.31. The zero-order valence-electron chi connectivity index (χ0n) is 13.7. The van der Waals surface area contributed by atoms with E-state index in [-0.39, 0.29) is 29.2 Å². The molecule has 0 aliphatic heterocycles. The van der Waals surface area contributed by atoms with E-state index in [9.17, 15) is 19.5 Å². The average Bonchev–Trinajstić information content (AvgIpc) is 2.63. The molecule has 0 saturated carbocycles. The van der Waals surface area contributed by atoms with Crippen LogP contribution in [0.2, 0.25) is 0 Å². The lowest BCUT2D eigenvalue weighted by atomic mass is 9.83. The van der Waals surface area contributed by atoms with Crippen molar-refractivity contribution in [3.05, 3.63) is 76.9 Å². The van der Waals surface area contributed by atoms with E-state index in [1.165, 1.54) is 6.92 Å². The van der Waals surface area contributed by atoms with Crippen molar-refractivity contribution in [3.8, 4) is 0 Å². The van der Waals surface area contributed by atoms with E-state index >= 15 is 0 Å². The molecule has 1 atom stereocenters. The van der Waals surface area contributed by atoms with Gasteiger partial charge in [-0.2, -0.15) is 0 Å². The van der Waals surface area contributed by atoms with Crippen LogP contribution in [0.3, 0.4) is 0 Å². The number of benzene rings is 2. The largest absolute Gasteiger partial charge is 0.383 e. The minimum absolute atomic E-state index is 0.0781. The van der Waals surface area contributed by atoms with Crippen molar-refractivity contribution < 1.29 is 19.5 Å². The summed E-state index contributed by atoms with van der Waals surface area (Å²) in [7, 11) is 0. The minimum Gasteiger partial charge on any atom is -0.383 e. The van der Waals surface area contributed by atoms with Gasteiger partial charge in [0.2, 0.25) is 0 Å². The third-order valence-corrected chi connectivity index (χ3v) is 4.16. The van der Waals surface area contributed by atoms with Gasteiger partial charge in [-0.3, -0.25) is 14.4 Å². The maximum atomic E-state index is 12.8. The van der Waals surface area contributed by atoms with Crippen molar-refractivity contribution in [1.82, 2.24) is 0 Å². The number of aliphatic hydroxyl groups excluding tert-OH is 1. The van der Waals surface area contributed by atoms with Crippen molar-refractivity contribution in [2.75, 3.05) is 11.9 Å². The summed E-state index contributed by atoms with van der Waals surface area (Å²) in [5.41, 5.74) is 1.99. The van der Waals surface area contributed by atoms with Gasteiger partial charge in [0.1, 0.15) is 6.10 Å². The van der Waals surface area contributed by atoms with Gasteiger partial charge in [-0.05, 0) is 18.6 Å². The Morgan fingerprint density at radius 2 is 1.64 bits per heavy atom. The fourth-order valence-corrected chi connectivity index (χ4v) is 2.88. The van der Waals surface area contributed by atoms with E-state index < -0.39 is 11.9 Å². The van der Waals surface area contributed by atoms with E-state index in [0.29, 0.717) is 22.4 Å². The number of hydrogen-bond acceptors (Lipinski definition) is 5. The lowest BCUT2D eigenvalue weighted by molar-refractivity contribution is -0.122. The highest BCUT2D eigenvalue weighted by Gasteiger charge is 2.31. The Balaban J connectivity index is 1.95. The van der Waals surface area contributed by atoms with Gasteiger partial charge in [0.25, 0.3) is 0 Å². The van der Waals surface area contributed by atoms with Gasteiger partial charge in [0.05, 0.1) is 5.56 Å². The quantitative estimate of drug-likeness (QED) is 0.700. The molecular formula is C20H17NO4. The number of aliphatic hydroxyl groups is 1. The molecule has 5 nitrogen and oxygen atoms in total. The molecule has 0 aromatic heterocycles. The summed E-state index contributed by atoms with van der Waals surface area (Å²) in [6, 6.07) is 11.6. The van der Waals surface area contributed by atoms with E-state index in [1.807, 2.05) is 0 Å². The molecule has 2 aromatic rings. The second-order valence-corrected chi connectivity index (χ2v) is 5.97. The van der Waals surface area contributed by atoms with E-state index in [0.717, 1.165) is 0 Å². The summed E-state index contributed by atoms with van der Waals surface area (Å²) in [4.78, 5) is 37.2. The topological polar surface area (TPSA) is 83.5 Å². The first-order valence-electron chi connectivity index (χ1n) is 7.85. The second kappa shape index (κ2) is 6.45. The zero-order chi connectivity index (χ0) is 18.1. The standard InChI is InChI=1S/C20H17NO4/c1-11(2)18(23)16(22)10-21-15-9-5-8-14-17(15)20(25)13-7-4-3-6-12(13)19(14)24/h3-9,16,21-22H,1,10H2,2H3. The third-order valence-electron chi connectivity index (χ3n) is 4.16. The second-order valence-electron chi connectivity index (χ2n) is 5.97. The summed E-state index contributed by atoms with van der Waals surface area (Å²) >= 11 is 0. The first-order chi connectivity index (χ1) is 11.9. The molecule has 0 fully saturated rings. The Labute approximate surface area is 145 Å². The predicted molar refractivity (Wildman–Crippen MR) is 94.1 cm³/mol. The highest BCUT2D eigenvalue weighted by molar-refractivity contribution is 6.30. The normalized spacial score (nSPS) is 13.7. The molecular weight excluding hydrogens is 318 g/mol. The molecule has 3 rings (SSSR count). The van der Waals surface area contributed by atoms with Crippen LogP contribution >= 0.6 is 0 Å². The van der Waals surface area contributed by atoms with Gasteiger partial charge in [-0.25, -0.2) is 0 Å². The van der Waals surface area contributed by atoms with Crippen LogP contribution in [0, 0.1) is 0 Å². The molecule has 5 heteroatoms. The van der Waals surface area contributed by atoms with Gasteiger partial charge < -0.3 is 10.4 Å². The molecule has 0 saturated heterocycles. The fourth-order valence-electron chi connectivity index (χ4n) is 2.88. The first-order valence-corrected chi connectivity index (χ1v) is 7.85. The summed E-state index contributed by atoms with van der Waals surface area (Å²) in [5, 5.41) is 12.8. The third kappa shape index (κ3) is 2.90. The SMILES string of the molecule is C=C(C)C(=O)C(O)CNc1cccc2c1C(=O)c1ccccc1C2=O. The van der Waals surface area contributed by atoms with Crippen molar-refractivity contribution in [2.45, 2.75) is 13.0 Å². The maximum absolute atomic E-state index is 12.8. The molecule has 2 N–H and O–H groups in total. The van der Waals surface area contributed by atoms with Crippen LogP contribution in [0.1, 0.15) is 38.8 Å². The van der Waals surface area contributed by atoms with E-state index in [2.05, 4.69) is 11.9 Å². The van der Waals surface area contributed by atoms with Gasteiger partial charge >= 0.3 is 0 Å². The van der Waals surface area contributed by atoms with Crippen LogP contribution in [-0.4, -0.2) is 35.1 Å². The lowest BCUT2D eigenvalue weighted by Gasteiger charge is -2.21. The predicted octanol–water partition coefficient (Wildman–Crippen LogP) is 2.38. The number of anilines is 1. The van der Waals surface area contributed by atoms with E-state index in [1.54, 1.807) is 42.5 Å². The molecule has 1 aliphatic rings. The number of rotatable bonds is 5. The van der Waals surface area contributed by atoms with Crippen molar-refractivity contribution >= 4 is 23.0 Å². The van der Waals surface area contributed by atoms with Gasteiger partial charge in [-0.1, -0.05) is 43.0 Å². The number of nitrogens with one attached hydrogen (secondary N) is 1. The van der Waals surface area contributed by atoms with E-state index in [4.69, 9.17) is 0 Å². The minimum atomic E-state index is -1.27. The molecule has 0 radical (unpaired) electrons. The van der Waals surface area contributed by atoms with Crippen LogP contribution in [-0.2, 0) is 4.79 Å². The fraction of sp³-hybridized carbons (Fsp3) is 0.150. The van der Waals surface area contributed by atoms with Crippen molar-refractivity contribution in [2.24, 2.45) is 0 Å². The van der Waals surface area contributed by atoms with Gasteiger partial charge in [0, 0.05) is 28.9 Å². The Hall–Kier alpha value is -3.05. The van der Waals surface area contributed by atoms with Gasteiger partial charge in [0.15, 0.2) is 17.3 Å². The van der Waals surface area contributed by atoms with Gasteiger partial charge in [-0.15, -0.1) is 0 Å². The lowest BCUT2D eigenvalue weighted by Crippen LogP contribution is -2.30. The van der Waals surface area contributed by atoms with Crippen molar-refractivity contribution in [3.63, 3.8) is 0 Å². The molecule has 0 amide bonds. The molecule has 1 unspecified atom stereocenters. The number of fused-ring (bicyclic) bond motifs is 2. The van der Waals surface area contributed by atoms with Crippen molar-refractivity contribution in [1.29, 1.82) is 0 Å². The number of carbonyl (C=O) groups excluding carboxylic acids is 3. The molecule has 0 spiro atoms. The Bertz CT molecular complexity index is 914. The van der Waals surface area contributed by atoms with Crippen LogP contribution in [0.15, 0.2) is 54.6 Å². The molecule has 2 aromatic carbocycles. The summed E-state index contributed by atoms with van der Waals surface area (Å²) in [6.07, 6.45) is -1.27. The number of carbonyl (C=O) groups is 3. The highest BCUT2D eigenvalue weighted by atomic mass is 16.3. The van der Waals surface area contributed by atoms with Crippen LogP contribution in [0.5, 0.6) is 0 Å². The van der Waals surface area contributed by atoms with Crippen LogP contribution < -0.4 is 5.32 Å². The Morgan fingerprint density at radius 1 is 1.04 bits per heavy atom. The average molecular weight is 335 g/mol. The smallest absolute Gasteiger partial charge is 0.196 e. The molecule has 1 aliphatic carbocycles. The summed E-state index contributed by atoms with van der Waals surface area (Å²) in [5.74, 6) is -0.938. The monoisotopic (exact) mass is 335 g/mol. The molecule has 0 heterocycles. The first kappa shape index (κ1) is 16.8. The number of Topliss-reactive ketones (excluding diaryl/α,β-unsaturated/α-hetero) is 1. The summed E-state index contributed by atoms with van der Waals surface area (Å²) < 4.78 is 0. The number of ketones is 3. The zero-order valence-corrected chi connectivity index (χ0v) is 13.7. The summed E-state index contributed by atoms with van der Waals surface area (Å²) in [6.45, 7) is 4.96. The van der Waals surface area contributed by atoms with Crippen LogP contribution in [0.25, 0.3) is 0 Å². The number of hydrogen-bond donors (Lipinski definition) is 2. The Morgan fingerprint density at radius 3 is 2.28 bits per heavy atom. The molecule has 126 valence electrons. The van der Waals surface area contributed by atoms with Crippen LogP contribution in [0.4, 0.5) is 5.69 Å². The Kier molecular flexibility index (Phi) is 4.33. The maximum Gasteiger partial charge on any atom is 0.196 e.